The topological polar surface area (TPSA) is 128 Å². The summed E-state index contributed by atoms with van der Waals surface area (Å²) < 4.78 is 78.2. The molecular formula is C24H22F3N3O7S. The number of nitrogens with zero attached hydrogens (tertiary/aromatic N) is 2. The van der Waals surface area contributed by atoms with Crippen molar-refractivity contribution in [1.29, 1.82) is 0 Å². The van der Waals surface area contributed by atoms with Gasteiger partial charge < -0.3 is 14.8 Å². The van der Waals surface area contributed by atoms with Gasteiger partial charge in [-0.05, 0) is 42.8 Å². The number of carbonyl (C=O) groups excluding carboxylic acids is 1. The van der Waals surface area contributed by atoms with E-state index >= 15 is 0 Å². The third kappa shape index (κ3) is 6.14. The van der Waals surface area contributed by atoms with Gasteiger partial charge in [0.1, 0.15) is 6.54 Å². The Labute approximate surface area is 215 Å². The Bertz CT molecular complexity index is 1480. The summed E-state index contributed by atoms with van der Waals surface area (Å²) in [6.07, 6.45) is -4.78. The number of alkyl halides is 3. The molecule has 1 amide bonds. The number of rotatable bonds is 9. The Morgan fingerprint density at radius 2 is 1.71 bits per heavy atom. The van der Waals surface area contributed by atoms with Crippen LogP contribution in [-0.4, -0.2) is 40.0 Å². The molecule has 0 saturated heterocycles. The van der Waals surface area contributed by atoms with Crippen molar-refractivity contribution in [2.75, 3.05) is 30.4 Å². The van der Waals surface area contributed by atoms with E-state index < -0.39 is 44.8 Å². The molecule has 0 radical (unpaired) electrons. The monoisotopic (exact) mass is 553 g/mol. The number of anilines is 2. The molecule has 14 heteroatoms. The summed E-state index contributed by atoms with van der Waals surface area (Å²) in [6, 6.07) is 10.7. The molecule has 0 spiro atoms. The Morgan fingerprint density at radius 1 is 1.03 bits per heavy atom. The predicted octanol–water partition coefficient (Wildman–Crippen LogP) is 4.77. The number of nitrogens with one attached hydrogen (secondary N) is 1. The Hall–Kier alpha value is -4.33. The second-order valence-electron chi connectivity index (χ2n) is 7.88. The van der Waals surface area contributed by atoms with E-state index in [1.807, 2.05) is 0 Å². The third-order valence-corrected chi connectivity index (χ3v) is 7.17. The van der Waals surface area contributed by atoms with Crippen LogP contribution in [0.1, 0.15) is 11.1 Å². The van der Waals surface area contributed by atoms with E-state index in [2.05, 4.69) is 5.32 Å². The number of nitro groups is 1. The highest BCUT2D eigenvalue weighted by Gasteiger charge is 2.33. The van der Waals surface area contributed by atoms with E-state index in [1.54, 1.807) is 6.92 Å². The normalized spacial score (nSPS) is 11.5. The Kier molecular flexibility index (Phi) is 8.15. The zero-order valence-corrected chi connectivity index (χ0v) is 21.1. The van der Waals surface area contributed by atoms with Crippen LogP contribution >= 0.6 is 0 Å². The standard InChI is InChI=1S/C24H22F3N3O7S/c1-15-7-8-18(30(32)33)12-20(15)28-23(31)14-29(17-6-4-5-16(11-17)24(25,26)27)38(34,35)19-9-10-21(36-2)22(13-19)37-3/h4-13H,14H2,1-3H3,(H,28,31). The first-order chi connectivity index (χ1) is 17.8. The number of ether oxygens (including phenoxy) is 2. The second kappa shape index (κ2) is 11.0. The summed E-state index contributed by atoms with van der Waals surface area (Å²) in [4.78, 5) is 23.0. The highest BCUT2D eigenvalue weighted by atomic mass is 32.2. The van der Waals surface area contributed by atoms with Crippen LogP contribution in [0.5, 0.6) is 11.5 Å². The first kappa shape index (κ1) is 28.2. The van der Waals surface area contributed by atoms with Gasteiger partial charge in [0.25, 0.3) is 15.7 Å². The summed E-state index contributed by atoms with van der Waals surface area (Å²) in [6.45, 7) is 0.615. The first-order valence-electron chi connectivity index (χ1n) is 10.7. The largest absolute Gasteiger partial charge is 0.493 e. The van der Waals surface area contributed by atoms with Gasteiger partial charge in [-0.1, -0.05) is 12.1 Å². The molecule has 0 saturated carbocycles. The van der Waals surface area contributed by atoms with Crippen LogP contribution in [-0.2, 0) is 21.0 Å². The van der Waals surface area contributed by atoms with E-state index in [4.69, 9.17) is 9.47 Å². The number of nitro benzene ring substituents is 1. The van der Waals surface area contributed by atoms with Gasteiger partial charge in [0, 0.05) is 18.2 Å². The molecular weight excluding hydrogens is 531 g/mol. The average Bonchev–Trinajstić information content (AvgIpc) is 2.87. The molecule has 3 rings (SSSR count). The number of aryl methyl sites for hydroxylation is 1. The fourth-order valence-corrected chi connectivity index (χ4v) is 4.86. The maximum Gasteiger partial charge on any atom is 0.416 e. The van der Waals surface area contributed by atoms with Crippen molar-refractivity contribution in [2.24, 2.45) is 0 Å². The van der Waals surface area contributed by atoms with Crippen molar-refractivity contribution in [2.45, 2.75) is 18.0 Å². The van der Waals surface area contributed by atoms with Gasteiger partial charge in [0.05, 0.1) is 41.0 Å². The average molecular weight is 554 g/mol. The lowest BCUT2D eigenvalue weighted by molar-refractivity contribution is -0.384. The molecule has 1 N–H and O–H groups in total. The molecule has 0 aromatic heterocycles. The number of benzene rings is 3. The predicted molar refractivity (Wildman–Crippen MR) is 132 cm³/mol. The molecule has 0 atom stereocenters. The van der Waals surface area contributed by atoms with E-state index in [1.165, 1.54) is 32.4 Å². The second-order valence-corrected chi connectivity index (χ2v) is 9.74. The van der Waals surface area contributed by atoms with Crippen molar-refractivity contribution in [3.63, 3.8) is 0 Å². The van der Waals surface area contributed by atoms with Crippen LogP contribution in [0.15, 0.2) is 65.6 Å². The number of hydrogen-bond donors (Lipinski definition) is 1. The number of non-ortho nitro benzene ring substituents is 1. The number of hydrogen-bond acceptors (Lipinski definition) is 7. The summed E-state index contributed by atoms with van der Waals surface area (Å²) in [7, 11) is -2.03. The van der Waals surface area contributed by atoms with Gasteiger partial charge in [0.15, 0.2) is 11.5 Å². The Morgan fingerprint density at radius 3 is 2.32 bits per heavy atom. The van der Waals surface area contributed by atoms with Gasteiger partial charge in [-0.15, -0.1) is 0 Å². The van der Waals surface area contributed by atoms with E-state index in [0.29, 0.717) is 15.9 Å². The minimum atomic E-state index is -4.78. The van der Waals surface area contributed by atoms with Gasteiger partial charge in [-0.2, -0.15) is 13.2 Å². The highest BCUT2D eigenvalue weighted by Crippen LogP contribution is 2.35. The summed E-state index contributed by atoms with van der Waals surface area (Å²) >= 11 is 0. The molecule has 0 aliphatic carbocycles. The summed E-state index contributed by atoms with van der Waals surface area (Å²) in [5.41, 5.74) is -1.40. The molecule has 38 heavy (non-hydrogen) atoms. The molecule has 0 fully saturated rings. The van der Waals surface area contributed by atoms with Gasteiger partial charge in [-0.3, -0.25) is 19.2 Å². The van der Waals surface area contributed by atoms with Crippen molar-refractivity contribution >= 4 is 33.0 Å². The number of sulfonamides is 1. The minimum Gasteiger partial charge on any atom is -0.493 e. The maximum atomic E-state index is 13.6. The quantitative estimate of drug-likeness (QED) is 0.299. The van der Waals surface area contributed by atoms with Crippen molar-refractivity contribution in [3.05, 3.63) is 81.9 Å². The molecule has 0 heterocycles. The van der Waals surface area contributed by atoms with Crippen molar-refractivity contribution < 1.29 is 40.8 Å². The van der Waals surface area contributed by atoms with Crippen LogP contribution in [0.25, 0.3) is 0 Å². The molecule has 3 aromatic rings. The molecule has 0 bridgehead atoms. The lowest BCUT2D eigenvalue weighted by Crippen LogP contribution is -2.38. The van der Waals surface area contributed by atoms with Crippen LogP contribution in [0.3, 0.4) is 0 Å². The summed E-state index contributed by atoms with van der Waals surface area (Å²) in [5, 5.41) is 13.5. The molecule has 10 nitrogen and oxygen atoms in total. The smallest absolute Gasteiger partial charge is 0.416 e. The number of amides is 1. The SMILES string of the molecule is COc1ccc(S(=O)(=O)N(CC(=O)Nc2cc([N+](=O)[O-])ccc2C)c2cccc(C(F)(F)F)c2)cc1OC. The molecule has 3 aromatic carbocycles. The van der Waals surface area contributed by atoms with Crippen molar-refractivity contribution in [1.82, 2.24) is 0 Å². The number of carbonyl (C=O) groups is 1. The van der Waals surface area contributed by atoms with Gasteiger partial charge in [0.2, 0.25) is 5.91 Å². The highest BCUT2D eigenvalue weighted by molar-refractivity contribution is 7.92. The fourth-order valence-electron chi connectivity index (χ4n) is 3.44. The lowest BCUT2D eigenvalue weighted by atomic mass is 10.2. The maximum absolute atomic E-state index is 13.6. The van der Waals surface area contributed by atoms with Crippen LogP contribution < -0.4 is 19.1 Å². The van der Waals surface area contributed by atoms with Crippen LogP contribution in [0.2, 0.25) is 0 Å². The van der Waals surface area contributed by atoms with Crippen molar-refractivity contribution in [3.8, 4) is 11.5 Å². The number of methoxy groups -OCH3 is 2. The zero-order valence-electron chi connectivity index (χ0n) is 20.3. The first-order valence-corrected chi connectivity index (χ1v) is 12.2. The molecule has 0 unspecified atom stereocenters. The zero-order chi connectivity index (χ0) is 28.3. The Balaban J connectivity index is 2.08. The van der Waals surface area contributed by atoms with Crippen LogP contribution in [0, 0.1) is 17.0 Å². The van der Waals surface area contributed by atoms with E-state index in [0.717, 1.165) is 36.4 Å². The third-order valence-electron chi connectivity index (χ3n) is 5.40. The minimum absolute atomic E-state index is 0.0363. The number of halogens is 3. The molecule has 202 valence electrons. The van der Waals surface area contributed by atoms with Gasteiger partial charge >= 0.3 is 6.18 Å². The van der Waals surface area contributed by atoms with E-state index in [-0.39, 0.29) is 27.8 Å². The molecule has 0 aliphatic rings. The fraction of sp³-hybridized carbons (Fsp3) is 0.208. The molecule has 0 aliphatic heterocycles. The van der Waals surface area contributed by atoms with Gasteiger partial charge in [-0.25, -0.2) is 8.42 Å². The summed E-state index contributed by atoms with van der Waals surface area (Å²) in [5.74, 6) is -0.708. The van der Waals surface area contributed by atoms with Crippen LogP contribution in [0.4, 0.5) is 30.2 Å². The van der Waals surface area contributed by atoms with E-state index in [9.17, 15) is 36.5 Å². The lowest BCUT2D eigenvalue weighted by Gasteiger charge is -2.25.